The van der Waals surface area contributed by atoms with E-state index in [1.165, 1.54) is 7.11 Å². The largest absolute Gasteiger partial charge is 0.469 e. The molecular formula is C12H16N4O2S. The molecule has 19 heavy (non-hydrogen) atoms. The number of esters is 1. The van der Waals surface area contributed by atoms with E-state index in [0.717, 1.165) is 10.6 Å². The average molecular weight is 280 g/mol. The minimum atomic E-state index is -0.231. The molecule has 2 aromatic heterocycles. The average Bonchev–Trinajstić information content (AvgIpc) is 3.05. The standard InChI is InChI=1S/C12H16N4O2S/c1-16-8-9(14-15-16)7-13-10(6-12(17)18-2)11-4-3-5-19-11/h3-5,8,10,13H,6-7H2,1-2H3. The number of thiophene rings is 1. The van der Waals surface area contributed by atoms with Crippen molar-refractivity contribution in [2.24, 2.45) is 7.05 Å². The van der Waals surface area contributed by atoms with Crippen molar-refractivity contribution in [2.75, 3.05) is 7.11 Å². The molecule has 2 heterocycles. The van der Waals surface area contributed by atoms with Crippen LogP contribution in [0.2, 0.25) is 0 Å². The van der Waals surface area contributed by atoms with Gasteiger partial charge in [-0.2, -0.15) is 0 Å². The molecule has 1 N–H and O–H groups in total. The smallest absolute Gasteiger partial charge is 0.307 e. The van der Waals surface area contributed by atoms with Crippen molar-refractivity contribution >= 4 is 17.3 Å². The summed E-state index contributed by atoms with van der Waals surface area (Å²) in [6.45, 7) is 0.563. The first-order chi connectivity index (χ1) is 9.19. The maximum atomic E-state index is 11.4. The third-order valence-electron chi connectivity index (χ3n) is 2.66. The van der Waals surface area contributed by atoms with Gasteiger partial charge < -0.3 is 10.1 Å². The molecular weight excluding hydrogens is 264 g/mol. The van der Waals surface area contributed by atoms with Crippen molar-refractivity contribution in [3.63, 3.8) is 0 Å². The van der Waals surface area contributed by atoms with Gasteiger partial charge in [-0.05, 0) is 11.4 Å². The molecule has 0 bridgehead atoms. The van der Waals surface area contributed by atoms with E-state index in [0.29, 0.717) is 13.0 Å². The summed E-state index contributed by atoms with van der Waals surface area (Å²) in [4.78, 5) is 12.5. The number of rotatable bonds is 6. The Hall–Kier alpha value is -1.73. The molecule has 0 amide bonds. The van der Waals surface area contributed by atoms with Crippen LogP contribution in [-0.2, 0) is 23.1 Å². The van der Waals surface area contributed by atoms with Gasteiger partial charge in [0.1, 0.15) is 0 Å². The van der Waals surface area contributed by atoms with Gasteiger partial charge in [0.2, 0.25) is 0 Å². The second kappa shape index (κ2) is 6.44. The molecule has 7 heteroatoms. The normalized spacial score (nSPS) is 12.3. The summed E-state index contributed by atoms with van der Waals surface area (Å²) >= 11 is 1.61. The predicted octanol–water partition coefficient (Wildman–Crippen LogP) is 1.27. The van der Waals surface area contributed by atoms with Crippen LogP contribution < -0.4 is 5.32 Å². The van der Waals surface area contributed by atoms with E-state index in [2.05, 4.69) is 15.6 Å². The third-order valence-corrected chi connectivity index (χ3v) is 3.65. The third kappa shape index (κ3) is 3.87. The summed E-state index contributed by atoms with van der Waals surface area (Å²) in [6, 6.07) is 3.91. The van der Waals surface area contributed by atoms with Gasteiger partial charge in [-0.1, -0.05) is 11.3 Å². The molecule has 0 aromatic carbocycles. The number of aromatic nitrogens is 3. The van der Waals surface area contributed by atoms with Crippen molar-refractivity contribution < 1.29 is 9.53 Å². The molecule has 2 rings (SSSR count). The Balaban J connectivity index is 1.99. The van der Waals surface area contributed by atoms with E-state index in [4.69, 9.17) is 4.74 Å². The zero-order chi connectivity index (χ0) is 13.7. The first-order valence-corrected chi connectivity index (χ1v) is 6.76. The predicted molar refractivity (Wildman–Crippen MR) is 71.5 cm³/mol. The number of nitrogens with zero attached hydrogens (tertiary/aromatic N) is 3. The fourth-order valence-corrected chi connectivity index (χ4v) is 2.52. The molecule has 2 aromatic rings. The number of ether oxygens (including phenoxy) is 1. The van der Waals surface area contributed by atoms with Crippen molar-refractivity contribution in [3.05, 3.63) is 34.3 Å². The Kier molecular flexibility index (Phi) is 4.64. The monoisotopic (exact) mass is 280 g/mol. The highest BCUT2D eigenvalue weighted by atomic mass is 32.1. The van der Waals surface area contributed by atoms with Gasteiger partial charge in [0.25, 0.3) is 0 Å². The van der Waals surface area contributed by atoms with Crippen LogP contribution in [0.15, 0.2) is 23.7 Å². The Bertz CT molecular complexity index is 524. The first-order valence-electron chi connectivity index (χ1n) is 5.88. The number of hydrogen-bond acceptors (Lipinski definition) is 6. The summed E-state index contributed by atoms with van der Waals surface area (Å²) < 4.78 is 6.38. The van der Waals surface area contributed by atoms with E-state index in [-0.39, 0.29) is 12.0 Å². The summed E-state index contributed by atoms with van der Waals surface area (Å²) in [7, 11) is 3.22. The van der Waals surface area contributed by atoms with Gasteiger partial charge >= 0.3 is 5.97 Å². The number of hydrogen-bond donors (Lipinski definition) is 1. The van der Waals surface area contributed by atoms with Crippen molar-refractivity contribution in [1.82, 2.24) is 20.3 Å². The maximum Gasteiger partial charge on any atom is 0.307 e. The van der Waals surface area contributed by atoms with E-state index in [1.54, 1.807) is 16.0 Å². The molecule has 1 atom stereocenters. The number of carbonyl (C=O) groups excluding carboxylic acids is 1. The van der Waals surface area contributed by atoms with E-state index in [9.17, 15) is 4.79 Å². The Morgan fingerprint density at radius 1 is 1.63 bits per heavy atom. The van der Waals surface area contributed by atoms with E-state index >= 15 is 0 Å². The SMILES string of the molecule is COC(=O)CC(NCc1cn(C)nn1)c1cccs1. The molecule has 0 aliphatic rings. The Morgan fingerprint density at radius 3 is 3.05 bits per heavy atom. The van der Waals surface area contributed by atoms with Crippen molar-refractivity contribution in [2.45, 2.75) is 19.0 Å². The molecule has 0 saturated heterocycles. The maximum absolute atomic E-state index is 11.4. The number of aryl methyl sites for hydroxylation is 1. The van der Waals surface area contributed by atoms with Gasteiger partial charge in [0.05, 0.1) is 25.3 Å². The molecule has 0 saturated carbocycles. The summed E-state index contributed by atoms with van der Waals surface area (Å²) in [5.74, 6) is -0.231. The van der Waals surface area contributed by atoms with E-state index in [1.807, 2.05) is 30.8 Å². The second-order valence-corrected chi connectivity index (χ2v) is 5.09. The zero-order valence-corrected chi connectivity index (χ0v) is 11.7. The molecule has 0 aliphatic carbocycles. The van der Waals surface area contributed by atoms with E-state index < -0.39 is 0 Å². The van der Waals surface area contributed by atoms with Gasteiger partial charge in [-0.15, -0.1) is 16.4 Å². The minimum Gasteiger partial charge on any atom is -0.469 e. The molecule has 0 aliphatic heterocycles. The highest BCUT2D eigenvalue weighted by Gasteiger charge is 2.17. The lowest BCUT2D eigenvalue weighted by molar-refractivity contribution is -0.141. The lowest BCUT2D eigenvalue weighted by Crippen LogP contribution is -2.23. The Labute approximate surface area is 115 Å². The molecule has 0 radical (unpaired) electrons. The van der Waals surface area contributed by atoms with Crippen molar-refractivity contribution in [3.8, 4) is 0 Å². The zero-order valence-electron chi connectivity index (χ0n) is 10.9. The lowest BCUT2D eigenvalue weighted by atomic mass is 10.1. The Morgan fingerprint density at radius 2 is 2.47 bits per heavy atom. The summed E-state index contributed by atoms with van der Waals surface area (Å²) in [5.41, 5.74) is 0.842. The first kappa shape index (κ1) is 13.7. The van der Waals surface area contributed by atoms with Crippen LogP contribution in [0.3, 0.4) is 0 Å². The van der Waals surface area contributed by atoms with Crippen LogP contribution >= 0.6 is 11.3 Å². The van der Waals surface area contributed by atoms with Crippen molar-refractivity contribution in [1.29, 1.82) is 0 Å². The number of methoxy groups -OCH3 is 1. The lowest BCUT2D eigenvalue weighted by Gasteiger charge is -2.15. The molecule has 0 spiro atoms. The number of carbonyl (C=O) groups is 1. The van der Waals surface area contributed by atoms with Gasteiger partial charge in [-0.3, -0.25) is 9.48 Å². The van der Waals surface area contributed by atoms with Gasteiger partial charge in [0.15, 0.2) is 0 Å². The minimum absolute atomic E-state index is 0.0607. The van der Waals surface area contributed by atoms with Crippen LogP contribution in [0.25, 0.3) is 0 Å². The van der Waals surface area contributed by atoms with Crippen LogP contribution in [0.1, 0.15) is 23.0 Å². The van der Waals surface area contributed by atoms with Gasteiger partial charge in [-0.25, -0.2) is 0 Å². The molecule has 102 valence electrons. The fraction of sp³-hybridized carbons (Fsp3) is 0.417. The highest BCUT2D eigenvalue weighted by molar-refractivity contribution is 7.10. The van der Waals surface area contributed by atoms with Crippen LogP contribution in [0.4, 0.5) is 0 Å². The molecule has 6 nitrogen and oxygen atoms in total. The summed E-state index contributed by atoms with van der Waals surface area (Å²) in [6.07, 6.45) is 2.15. The van der Waals surface area contributed by atoms with Crippen LogP contribution in [0, 0.1) is 0 Å². The van der Waals surface area contributed by atoms with Gasteiger partial charge in [0, 0.05) is 24.7 Å². The second-order valence-electron chi connectivity index (χ2n) is 4.11. The van der Waals surface area contributed by atoms with Crippen LogP contribution in [0.5, 0.6) is 0 Å². The fourth-order valence-electron chi connectivity index (χ4n) is 1.72. The topological polar surface area (TPSA) is 69.0 Å². The van der Waals surface area contributed by atoms with Crippen LogP contribution in [-0.4, -0.2) is 28.1 Å². The molecule has 1 unspecified atom stereocenters. The quantitative estimate of drug-likeness (QED) is 0.807. The number of nitrogens with one attached hydrogen (secondary N) is 1. The summed E-state index contributed by atoms with van der Waals surface area (Å²) in [5, 5.41) is 13.2. The highest BCUT2D eigenvalue weighted by Crippen LogP contribution is 2.22. The molecule has 0 fully saturated rings.